The van der Waals surface area contributed by atoms with Crippen LogP contribution < -0.4 is 5.32 Å². The molecule has 5 nitrogen and oxygen atoms in total. The van der Waals surface area contributed by atoms with Gasteiger partial charge in [-0.25, -0.2) is 4.79 Å². The first-order valence-electron chi connectivity index (χ1n) is 8.53. The summed E-state index contributed by atoms with van der Waals surface area (Å²) in [6.45, 7) is 7.79. The lowest BCUT2D eigenvalue weighted by Gasteiger charge is -2.40. The molecule has 2 fully saturated rings. The SMILES string of the molecule is Cc1ncccc1NC1CC2CCC(C1)N2C(=O)OC(C)(C)C. The van der Waals surface area contributed by atoms with Crippen LogP contribution in [-0.4, -0.2) is 39.7 Å². The standard InChI is InChI=1S/C18H27N3O2/c1-12-16(6-5-9-19-12)20-13-10-14-7-8-15(11-13)21(14)17(22)23-18(2,3)4/h5-6,9,13-15,20H,7-8,10-11H2,1-4H3. The molecule has 1 amide bonds. The number of rotatable bonds is 2. The van der Waals surface area contributed by atoms with E-state index in [1.54, 1.807) is 0 Å². The van der Waals surface area contributed by atoms with Crippen molar-refractivity contribution in [3.63, 3.8) is 0 Å². The summed E-state index contributed by atoms with van der Waals surface area (Å²) in [5.74, 6) is 0. The van der Waals surface area contributed by atoms with E-state index in [0.717, 1.165) is 37.1 Å². The van der Waals surface area contributed by atoms with Crippen molar-refractivity contribution in [2.75, 3.05) is 5.32 Å². The van der Waals surface area contributed by atoms with E-state index >= 15 is 0 Å². The van der Waals surface area contributed by atoms with Gasteiger partial charge in [-0.2, -0.15) is 0 Å². The molecule has 0 saturated carbocycles. The number of aromatic nitrogens is 1. The molecule has 3 rings (SSSR count). The first-order valence-corrected chi connectivity index (χ1v) is 8.53. The van der Waals surface area contributed by atoms with Crippen molar-refractivity contribution in [3.8, 4) is 0 Å². The predicted octanol–water partition coefficient (Wildman–Crippen LogP) is 3.73. The van der Waals surface area contributed by atoms with Gasteiger partial charge in [0.05, 0.1) is 11.4 Å². The summed E-state index contributed by atoms with van der Waals surface area (Å²) in [6.07, 6.45) is 5.77. The van der Waals surface area contributed by atoms with Gasteiger partial charge in [-0.1, -0.05) is 0 Å². The third-order valence-corrected chi connectivity index (χ3v) is 4.70. The Morgan fingerprint density at radius 3 is 2.52 bits per heavy atom. The minimum Gasteiger partial charge on any atom is -0.444 e. The lowest BCUT2D eigenvalue weighted by atomic mass is 9.97. The molecule has 3 heterocycles. The third kappa shape index (κ3) is 3.59. The van der Waals surface area contributed by atoms with Gasteiger partial charge in [0.15, 0.2) is 0 Å². The molecule has 2 bridgehead atoms. The van der Waals surface area contributed by atoms with Gasteiger partial charge in [-0.05, 0) is 65.5 Å². The van der Waals surface area contributed by atoms with Crippen molar-refractivity contribution in [2.45, 2.75) is 77.1 Å². The molecular weight excluding hydrogens is 290 g/mol. The number of pyridine rings is 1. The largest absolute Gasteiger partial charge is 0.444 e. The van der Waals surface area contributed by atoms with Gasteiger partial charge in [0.2, 0.25) is 0 Å². The number of fused-ring (bicyclic) bond motifs is 2. The molecule has 0 radical (unpaired) electrons. The number of aryl methyl sites for hydroxylation is 1. The number of piperidine rings is 1. The van der Waals surface area contributed by atoms with Crippen LogP contribution in [0.25, 0.3) is 0 Å². The van der Waals surface area contributed by atoms with Crippen molar-refractivity contribution in [1.82, 2.24) is 9.88 Å². The van der Waals surface area contributed by atoms with Crippen LogP contribution in [0, 0.1) is 6.92 Å². The number of amides is 1. The fourth-order valence-electron chi connectivity index (χ4n) is 3.76. The molecule has 5 heteroatoms. The first-order chi connectivity index (χ1) is 10.8. The molecule has 2 saturated heterocycles. The minimum absolute atomic E-state index is 0.152. The second-order valence-electron chi connectivity index (χ2n) is 7.72. The zero-order valence-corrected chi connectivity index (χ0v) is 14.5. The molecule has 1 aromatic heterocycles. The number of hydrogen-bond acceptors (Lipinski definition) is 4. The number of nitrogens with one attached hydrogen (secondary N) is 1. The highest BCUT2D eigenvalue weighted by Gasteiger charge is 2.44. The monoisotopic (exact) mass is 317 g/mol. The van der Waals surface area contributed by atoms with E-state index in [-0.39, 0.29) is 18.2 Å². The first kappa shape index (κ1) is 16.1. The lowest BCUT2D eigenvalue weighted by molar-refractivity contribution is 0.00683. The van der Waals surface area contributed by atoms with Crippen LogP contribution in [0.3, 0.4) is 0 Å². The molecule has 2 atom stereocenters. The van der Waals surface area contributed by atoms with E-state index in [4.69, 9.17) is 4.74 Å². The zero-order chi connectivity index (χ0) is 16.6. The molecule has 1 aromatic rings. The van der Waals surface area contributed by atoms with Crippen molar-refractivity contribution >= 4 is 11.8 Å². The third-order valence-electron chi connectivity index (χ3n) is 4.70. The van der Waals surface area contributed by atoms with Crippen LogP contribution in [0.5, 0.6) is 0 Å². The van der Waals surface area contributed by atoms with Gasteiger partial charge < -0.3 is 15.0 Å². The van der Waals surface area contributed by atoms with E-state index in [1.807, 2.05) is 44.9 Å². The van der Waals surface area contributed by atoms with E-state index in [9.17, 15) is 4.79 Å². The molecule has 1 N–H and O–H groups in total. The molecule has 0 aliphatic carbocycles. The highest BCUT2D eigenvalue weighted by molar-refractivity contribution is 5.69. The van der Waals surface area contributed by atoms with Gasteiger partial charge in [-0.15, -0.1) is 0 Å². The Morgan fingerprint density at radius 1 is 1.30 bits per heavy atom. The fourth-order valence-corrected chi connectivity index (χ4v) is 3.76. The average Bonchev–Trinajstić information content (AvgIpc) is 2.72. The summed E-state index contributed by atoms with van der Waals surface area (Å²) in [5.41, 5.74) is 1.69. The van der Waals surface area contributed by atoms with Gasteiger partial charge >= 0.3 is 6.09 Å². The fraction of sp³-hybridized carbons (Fsp3) is 0.667. The van der Waals surface area contributed by atoms with Gasteiger partial charge in [0.1, 0.15) is 5.60 Å². The maximum absolute atomic E-state index is 12.5. The molecule has 2 aliphatic heterocycles. The van der Waals surface area contributed by atoms with Crippen LogP contribution in [0.4, 0.5) is 10.5 Å². The maximum atomic E-state index is 12.5. The van der Waals surface area contributed by atoms with Crippen molar-refractivity contribution < 1.29 is 9.53 Å². The molecule has 23 heavy (non-hydrogen) atoms. The highest BCUT2D eigenvalue weighted by atomic mass is 16.6. The summed E-state index contributed by atoms with van der Waals surface area (Å²) in [5, 5.41) is 3.62. The number of hydrogen-bond donors (Lipinski definition) is 1. The maximum Gasteiger partial charge on any atom is 0.410 e. The van der Waals surface area contributed by atoms with Crippen molar-refractivity contribution in [2.24, 2.45) is 0 Å². The summed E-state index contributed by atoms with van der Waals surface area (Å²) in [7, 11) is 0. The van der Waals surface area contributed by atoms with Crippen molar-refractivity contribution in [1.29, 1.82) is 0 Å². The van der Waals surface area contributed by atoms with E-state index < -0.39 is 5.60 Å². The molecule has 0 spiro atoms. The van der Waals surface area contributed by atoms with Crippen LogP contribution in [0.2, 0.25) is 0 Å². The molecule has 0 aromatic carbocycles. The van der Waals surface area contributed by atoms with Crippen molar-refractivity contribution in [3.05, 3.63) is 24.0 Å². The normalized spacial score (nSPS) is 27.0. The topological polar surface area (TPSA) is 54.5 Å². The molecule has 2 aliphatic rings. The Bertz CT molecular complexity index is 568. The van der Waals surface area contributed by atoms with Crippen LogP contribution in [0.1, 0.15) is 52.1 Å². The summed E-state index contributed by atoms with van der Waals surface area (Å²) >= 11 is 0. The Balaban J connectivity index is 1.65. The molecule has 126 valence electrons. The Labute approximate surface area is 138 Å². The van der Waals surface area contributed by atoms with Crippen LogP contribution in [-0.2, 0) is 4.74 Å². The highest BCUT2D eigenvalue weighted by Crippen LogP contribution is 2.37. The Kier molecular flexibility index (Phi) is 4.21. The molecular formula is C18H27N3O2. The average molecular weight is 317 g/mol. The second-order valence-corrected chi connectivity index (χ2v) is 7.72. The molecule has 2 unspecified atom stereocenters. The lowest BCUT2D eigenvalue weighted by Crippen LogP contribution is -2.51. The van der Waals surface area contributed by atoms with Crippen LogP contribution >= 0.6 is 0 Å². The minimum atomic E-state index is -0.432. The summed E-state index contributed by atoms with van der Waals surface area (Å²) in [4.78, 5) is 18.8. The van der Waals surface area contributed by atoms with Crippen LogP contribution in [0.15, 0.2) is 18.3 Å². The number of carbonyl (C=O) groups is 1. The summed E-state index contributed by atoms with van der Waals surface area (Å²) in [6, 6.07) is 5.01. The number of anilines is 1. The van der Waals surface area contributed by atoms with E-state index in [0.29, 0.717) is 6.04 Å². The van der Waals surface area contributed by atoms with Gasteiger partial charge in [0.25, 0.3) is 0 Å². The Hall–Kier alpha value is -1.78. The predicted molar refractivity (Wildman–Crippen MR) is 90.5 cm³/mol. The van der Waals surface area contributed by atoms with E-state index in [2.05, 4.69) is 16.4 Å². The van der Waals surface area contributed by atoms with Gasteiger partial charge in [0, 0.05) is 24.3 Å². The zero-order valence-electron chi connectivity index (χ0n) is 14.5. The number of carbonyl (C=O) groups excluding carboxylic acids is 1. The second kappa shape index (κ2) is 6.02. The Morgan fingerprint density at radius 2 is 1.96 bits per heavy atom. The van der Waals surface area contributed by atoms with Gasteiger partial charge in [-0.3, -0.25) is 4.98 Å². The quantitative estimate of drug-likeness (QED) is 0.903. The number of nitrogens with zero attached hydrogens (tertiary/aromatic N) is 2. The smallest absolute Gasteiger partial charge is 0.410 e. The summed E-state index contributed by atoms with van der Waals surface area (Å²) < 4.78 is 5.59. The van der Waals surface area contributed by atoms with E-state index in [1.165, 1.54) is 0 Å². The number of ether oxygens (including phenoxy) is 1.